The summed E-state index contributed by atoms with van der Waals surface area (Å²) in [7, 11) is 0. The van der Waals surface area contributed by atoms with Gasteiger partial charge in [-0.1, -0.05) is 63.7 Å². The molecule has 5 heteroatoms. The lowest BCUT2D eigenvalue weighted by Gasteiger charge is -2.20. The molecule has 2 aromatic rings. The van der Waals surface area contributed by atoms with Crippen LogP contribution in [0.15, 0.2) is 29.4 Å². The highest BCUT2D eigenvalue weighted by Crippen LogP contribution is 2.35. The smallest absolute Gasteiger partial charge is 0.191 e. The Morgan fingerprint density at radius 3 is 2.35 bits per heavy atom. The molecule has 126 valence electrons. The van der Waals surface area contributed by atoms with Crippen LogP contribution in [0.4, 0.5) is 0 Å². The maximum atomic E-state index is 9.38. The van der Waals surface area contributed by atoms with Gasteiger partial charge < -0.3 is 9.67 Å². The fraction of sp³-hybridized carbons (Fsp3) is 0.556. The number of aliphatic hydroxyl groups excluding tert-OH is 1. The molecule has 0 saturated heterocycles. The van der Waals surface area contributed by atoms with E-state index in [1.54, 1.807) is 11.8 Å². The standard InChI is InChI=1S/C18H27N3OS/c1-6-11-21-16(12-22)19-20-17(21)23-13(2)14-7-9-15(10-8-14)18(3,4)5/h7-10,13,22H,6,11-12H2,1-5H3. The molecule has 1 heterocycles. The van der Waals surface area contributed by atoms with Gasteiger partial charge in [-0.15, -0.1) is 10.2 Å². The fourth-order valence-electron chi connectivity index (χ4n) is 2.45. The van der Waals surface area contributed by atoms with Crippen LogP contribution >= 0.6 is 11.8 Å². The van der Waals surface area contributed by atoms with Crippen molar-refractivity contribution in [1.29, 1.82) is 0 Å². The first-order valence-electron chi connectivity index (χ1n) is 8.16. The molecule has 0 saturated carbocycles. The highest BCUT2D eigenvalue weighted by molar-refractivity contribution is 7.99. The summed E-state index contributed by atoms with van der Waals surface area (Å²) in [4.78, 5) is 0. The summed E-state index contributed by atoms with van der Waals surface area (Å²) in [6, 6.07) is 8.82. The van der Waals surface area contributed by atoms with Crippen molar-refractivity contribution in [2.45, 2.75) is 70.0 Å². The van der Waals surface area contributed by atoms with E-state index < -0.39 is 0 Å². The van der Waals surface area contributed by atoms with Crippen LogP contribution in [0, 0.1) is 0 Å². The maximum absolute atomic E-state index is 9.38. The second-order valence-electron chi connectivity index (χ2n) is 6.84. The van der Waals surface area contributed by atoms with Gasteiger partial charge in [0.2, 0.25) is 0 Å². The van der Waals surface area contributed by atoms with Gasteiger partial charge in [0.05, 0.1) is 0 Å². The molecule has 0 bridgehead atoms. The molecule has 0 amide bonds. The van der Waals surface area contributed by atoms with Crippen molar-refractivity contribution in [2.75, 3.05) is 0 Å². The first-order valence-corrected chi connectivity index (χ1v) is 9.04. The maximum Gasteiger partial charge on any atom is 0.191 e. The number of aliphatic hydroxyl groups is 1. The lowest BCUT2D eigenvalue weighted by molar-refractivity contribution is 0.263. The quantitative estimate of drug-likeness (QED) is 0.799. The molecule has 2 rings (SSSR count). The molecule has 0 fully saturated rings. The Labute approximate surface area is 143 Å². The van der Waals surface area contributed by atoms with E-state index in [-0.39, 0.29) is 17.3 Å². The molecular formula is C18H27N3OS. The Balaban J connectivity index is 2.16. The van der Waals surface area contributed by atoms with Crippen LogP contribution in [0.5, 0.6) is 0 Å². The lowest BCUT2D eigenvalue weighted by atomic mass is 9.86. The molecule has 1 unspecified atom stereocenters. The molecule has 1 aromatic heterocycles. The van der Waals surface area contributed by atoms with E-state index in [1.165, 1.54) is 11.1 Å². The van der Waals surface area contributed by atoms with Crippen molar-refractivity contribution in [1.82, 2.24) is 14.8 Å². The number of hydrogen-bond donors (Lipinski definition) is 1. The van der Waals surface area contributed by atoms with Crippen molar-refractivity contribution < 1.29 is 5.11 Å². The van der Waals surface area contributed by atoms with Crippen LogP contribution in [0.1, 0.15) is 63.2 Å². The normalized spacial score (nSPS) is 13.3. The van der Waals surface area contributed by atoms with E-state index in [2.05, 4.69) is 69.1 Å². The minimum absolute atomic E-state index is 0.0672. The third-order valence-electron chi connectivity index (χ3n) is 3.91. The average molecular weight is 334 g/mol. The van der Waals surface area contributed by atoms with Crippen LogP contribution in [-0.2, 0) is 18.6 Å². The second-order valence-corrected chi connectivity index (χ2v) is 8.15. The minimum atomic E-state index is -0.0672. The number of rotatable bonds is 6. The molecule has 23 heavy (non-hydrogen) atoms. The molecule has 0 spiro atoms. The summed E-state index contributed by atoms with van der Waals surface area (Å²) in [6.07, 6.45) is 0.993. The van der Waals surface area contributed by atoms with Crippen LogP contribution in [-0.4, -0.2) is 19.9 Å². The molecular weight excluding hydrogens is 306 g/mol. The molecule has 1 N–H and O–H groups in total. The van der Waals surface area contributed by atoms with Gasteiger partial charge in [0.25, 0.3) is 0 Å². The Morgan fingerprint density at radius 2 is 1.83 bits per heavy atom. The van der Waals surface area contributed by atoms with E-state index in [1.807, 2.05) is 4.57 Å². The largest absolute Gasteiger partial charge is 0.388 e. The highest BCUT2D eigenvalue weighted by Gasteiger charge is 2.17. The number of thioether (sulfide) groups is 1. The van der Waals surface area contributed by atoms with Crippen LogP contribution in [0.3, 0.4) is 0 Å². The zero-order valence-electron chi connectivity index (χ0n) is 14.7. The molecule has 0 aliphatic rings. The topological polar surface area (TPSA) is 50.9 Å². The van der Waals surface area contributed by atoms with Gasteiger partial charge in [-0.25, -0.2) is 0 Å². The third-order valence-corrected chi connectivity index (χ3v) is 5.05. The highest BCUT2D eigenvalue weighted by atomic mass is 32.2. The van der Waals surface area contributed by atoms with Crippen molar-refractivity contribution in [3.8, 4) is 0 Å². The van der Waals surface area contributed by atoms with Crippen LogP contribution < -0.4 is 0 Å². The van der Waals surface area contributed by atoms with Gasteiger partial charge in [0.15, 0.2) is 11.0 Å². The monoisotopic (exact) mass is 333 g/mol. The zero-order valence-corrected chi connectivity index (χ0v) is 15.5. The van der Waals surface area contributed by atoms with Gasteiger partial charge in [0.1, 0.15) is 6.61 Å². The molecule has 1 atom stereocenters. The van der Waals surface area contributed by atoms with E-state index in [9.17, 15) is 5.11 Å². The number of aromatic nitrogens is 3. The van der Waals surface area contributed by atoms with Crippen LogP contribution in [0.25, 0.3) is 0 Å². The molecule has 0 aliphatic carbocycles. The van der Waals surface area contributed by atoms with Gasteiger partial charge in [-0.05, 0) is 29.9 Å². The molecule has 0 aliphatic heterocycles. The first kappa shape index (κ1) is 18.0. The van der Waals surface area contributed by atoms with Gasteiger partial charge in [0, 0.05) is 11.8 Å². The Bertz CT molecular complexity index is 629. The van der Waals surface area contributed by atoms with Gasteiger partial charge in [-0.2, -0.15) is 0 Å². The minimum Gasteiger partial charge on any atom is -0.388 e. The molecule has 0 radical (unpaired) electrons. The number of benzene rings is 1. The van der Waals surface area contributed by atoms with E-state index in [4.69, 9.17) is 0 Å². The third kappa shape index (κ3) is 4.36. The Kier molecular flexibility index (Phi) is 5.87. The first-order chi connectivity index (χ1) is 10.9. The van der Waals surface area contributed by atoms with Crippen molar-refractivity contribution in [3.05, 3.63) is 41.2 Å². The second kappa shape index (κ2) is 7.49. The van der Waals surface area contributed by atoms with E-state index in [0.29, 0.717) is 5.82 Å². The zero-order chi connectivity index (χ0) is 17.0. The van der Waals surface area contributed by atoms with Crippen LogP contribution in [0.2, 0.25) is 0 Å². The number of hydrogen-bond acceptors (Lipinski definition) is 4. The summed E-state index contributed by atoms with van der Waals surface area (Å²) in [5.41, 5.74) is 2.79. The van der Waals surface area contributed by atoms with Gasteiger partial charge >= 0.3 is 0 Å². The molecule has 4 nitrogen and oxygen atoms in total. The summed E-state index contributed by atoms with van der Waals surface area (Å²) < 4.78 is 2.02. The Morgan fingerprint density at radius 1 is 1.17 bits per heavy atom. The van der Waals surface area contributed by atoms with Crippen molar-refractivity contribution >= 4 is 11.8 Å². The summed E-state index contributed by atoms with van der Waals surface area (Å²) in [6.45, 7) is 11.7. The van der Waals surface area contributed by atoms with Crippen molar-refractivity contribution in [2.24, 2.45) is 0 Å². The SMILES string of the molecule is CCCn1c(CO)nnc1SC(C)c1ccc(C(C)(C)C)cc1. The number of nitrogens with zero attached hydrogens (tertiary/aromatic N) is 3. The molecule has 1 aromatic carbocycles. The summed E-state index contributed by atoms with van der Waals surface area (Å²) >= 11 is 1.69. The van der Waals surface area contributed by atoms with Crippen molar-refractivity contribution in [3.63, 3.8) is 0 Å². The van der Waals surface area contributed by atoms with E-state index >= 15 is 0 Å². The lowest BCUT2D eigenvalue weighted by Crippen LogP contribution is -2.10. The van der Waals surface area contributed by atoms with E-state index in [0.717, 1.165) is 18.1 Å². The Hall–Kier alpha value is -1.33. The summed E-state index contributed by atoms with van der Waals surface area (Å²) in [5, 5.41) is 18.9. The van der Waals surface area contributed by atoms with Gasteiger partial charge in [-0.3, -0.25) is 0 Å². The predicted molar refractivity (Wildman–Crippen MR) is 95.6 cm³/mol. The fourth-order valence-corrected chi connectivity index (χ4v) is 3.47. The summed E-state index contributed by atoms with van der Waals surface area (Å²) in [5.74, 6) is 0.643. The predicted octanol–water partition coefficient (Wildman–Crippen LogP) is 4.33. The average Bonchev–Trinajstić information content (AvgIpc) is 2.89.